The summed E-state index contributed by atoms with van der Waals surface area (Å²) in [6.07, 6.45) is 5.49. The molecule has 1 saturated carbocycles. The smallest absolute Gasteiger partial charge is 0.239 e. The van der Waals surface area contributed by atoms with E-state index in [4.69, 9.17) is 4.74 Å². The lowest BCUT2D eigenvalue weighted by atomic mass is 9.70. The highest BCUT2D eigenvalue weighted by Crippen LogP contribution is 2.41. The van der Waals surface area contributed by atoms with E-state index in [1.165, 1.54) is 19.3 Å². The Labute approximate surface area is 128 Å². The molecule has 1 aromatic rings. The Morgan fingerprint density at radius 1 is 1.33 bits per heavy atom. The molecule has 2 unspecified atom stereocenters. The summed E-state index contributed by atoms with van der Waals surface area (Å²) in [5.74, 6) is 1.42. The molecular formula is C17H29N3O. The Morgan fingerprint density at radius 2 is 2.05 bits per heavy atom. The van der Waals surface area contributed by atoms with Gasteiger partial charge in [0.1, 0.15) is 5.69 Å². The molecule has 0 saturated heterocycles. The van der Waals surface area contributed by atoms with Crippen LogP contribution < -0.4 is 15.0 Å². The molecule has 0 aliphatic heterocycles. The maximum absolute atomic E-state index is 5.46. The van der Waals surface area contributed by atoms with E-state index in [2.05, 4.69) is 36.0 Å². The van der Waals surface area contributed by atoms with Crippen molar-refractivity contribution in [3.8, 4) is 5.88 Å². The normalized spacial score (nSPS) is 24.5. The Kier molecular flexibility index (Phi) is 4.64. The highest BCUT2D eigenvalue weighted by molar-refractivity contribution is 5.74. The fourth-order valence-corrected chi connectivity index (χ4v) is 3.76. The van der Waals surface area contributed by atoms with Crippen molar-refractivity contribution in [2.75, 3.05) is 31.4 Å². The largest absolute Gasteiger partial charge is 0.479 e. The second kappa shape index (κ2) is 6.12. The minimum atomic E-state index is 0.392. The highest BCUT2D eigenvalue weighted by Gasteiger charge is 2.32. The molecule has 0 spiro atoms. The summed E-state index contributed by atoms with van der Waals surface area (Å²) >= 11 is 0. The van der Waals surface area contributed by atoms with Gasteiger partial charge in [-0.3, -0.25) is 0 Å². The van der Waals surface area contributed by atoms with E-state index in [1.54, 1.807) is 13.3 Å². The summed E-state index contributed by atoms with van der Waals surface area (Å²) in [6.45, 7) is 7.08. The monoisotopic (exact) mass is 291 g/mol. The summed E-state index contributed by atoms with van der Waals surface area (Å²) in [5.41, 5.74) is 2.53. The van der Waals surface area contributed by atoms with Crippen LogP contribution in [-0.4, -0.2) is 32.2 Å². The van der Waals surface area contributed by atoms with Gasteiger partial charge in [0.15, 0.2) is 0 Å². The van der Waals surface area contributed by atoms with Crippen molar-refractivity contribution >= 4 is 11.4 Å². The zero-order valence-corrected chi connectivity index (χ0v) is 14.2. The van der Waals surface area contributed by atoms with E-state index in [0.717, 1.165) is 17.3 Å². The van der Waals surface area contributed by atoms with Crippen molar-refractivity contribution in [1.82, 2.24) is 4.98 Å². The van der Waals surface area contributed by atoms with E-state index in [-0.39, 0.29) is 0 Å². The van der Waals surface area contributed by atoms with Crippen LogP contribution in [0.5, 0.6) is 5.88 Å². The van der Waals surface area contributed by atoms with E-state index in [9.17, 15) is 0 Å². The van der Waals surface area contributed by atoms with Crippen molar-refractivity contribution < 1.29 is 4.74 Å². The van der Waals surface area contributed by atoms with Gasteiger partial charge in [0.2, 0.25) is 5.88 Å². The second-order valence-electron chi connectivity index (χ2n) is 7.36. The van der Waals surface area contributed by atoms with Crippen molar-refractivity contribution in [3.63, 3.8) is 0 Å². The first-order chi connectivity index (χ1) is 9.82. The van der Waals surface area contributed by atoms with Crippen LogP contribution in [0.3, 0.4) is 0 Å². The van der Waals surface area contributed by atoms with E-state index in [1.807, 2.05) is 20.2 Å². The van der Waals surface area contributed by atoms with Crippen LogP contribution in [0.4, 0.5) is 11.4 Å². The highest BCUT2D eigenvalue weighted by atomic mass is 16.5. The van der Waals surface area contributed by atoms with Gasteiger partial charge in [-0.15, -0.1) is 0 Å². The lowest BCUT2D eigenvalue weighted by Gasteiger charge is -2.40. The molecule has 1 aliphatic rings. The molecule has 4 heteroatoms. The molecule has 0 bridgehead atoms. The third-order valence-corrected chi connectivity index (χ3v) is 4.30. The van der Waals surface area contributed by atoms with Gasteiger partial charge in [0.25, 0.3) is 0 Å². The number of anilines is 2. The number of pyridine rings is 1. The number of nitrogens with zero attached hydrogens (tertiary/aromatic N) is 2. The third-order valence-electron chi connectivity index (χ3n) is 4.30. The molecule has 4 nitrogen and oxygen atoms in total. The van der Waals surface area contributed by atoms with Crippen LogP contribution in [0.15, 0.2) is 12.3 Å². The molecule has 21 heavy (non-hydrogen) atoms. The Balaban J connectivity index is 2.26. The maximum atomic E-state index is 5.46. The summed E-state index contributed by atoms with van der Waals surface area (Å²) in [6, 6.07) is 2.50. The van der Waals surface area contributed by atoms with Gasteiger partial charge in [-0.1, -0.05) is 20.8 Å². The van der Waals surface area contributed by atoms with Gasteiger partial charge in [0.05, 0.1) is 12.8 Å². The van der Waals surface area contributed by atoms with Gasteiger partial charge in [-0.05, 0) is 36.7 Å². The molecule has 1 aliphatic carbocycles. The van der Waals surface area contributed by atoms with Crippen LogP contribution >= 0.6 is 0 Å². The van der Waals surface area contributed by atoms with Crippen molar-refractivity contribution in [1.29, 1.82) is 0 Å². The fourth-order valence-electron chi connectivity index (χ4n) is 3.76. The molecule has 0 radical (unpaired) electrons. The van der Waals surface area contributed by atoms with E-state index in [0.29, 0.717) is 17.3 Å². The molecular weight excluding hydrogens is 262 g/mol. The zero-order chi connectivity index (χ0) is 15.6. The molecule has 0 amide bonds. The minimum Gasteiger partial charge on any atom is -0.479 e. The second-order valence-corrected chi connectivity index (χ2v) is 7.36. The quantitative estimate of drug-likeness (QED) is 0.916. The molecule has 2 rings (SSSR count). The summed E-state index contributed by atoms with van der Waals surface area (Å²) in [5, 5.41) is 3.71. The maximum Gasteiger partial charge on any atom is 0.239 e. The number of aromatic nitrogens is 1. The molecule has 118 valence electrons. The van der Waals surface area contributed by atoms with Crippen LogP contribution in [-0.2, 0) is 0 Å². The van der Waals surface area contributed by atoms with Gasteiger partial charge in [-0.2, -0.15) is 0 Å². The van der Waals surface area contributed by atoms with Gasteiger partial charge < -0.3 is 15.0 Å². The van der Waals surface area contributed by atoms with Crippen LogP contribution in [0, 0.1) is 11.3 Å². The molecule has 1 aromatic heterocycles. The van der Waals surface area contributed by atoms with E-state index >= 15 is 0 Å². The summed E-state index contributed by atoms with van der Waals surface area (Å²) in [4.78, 5) is 6.45. The number of hydrogen-bond donors (Lipinski definition) is 1. The first-order valence-corrected chi connectivity index (χ1v) is 7.79. The predicted octanol–water partition coefficient (Wildman–Crippen LogP) is 3.78. The van der Waals surface area contributed by atoms with Crippen molar-refractivity contribution in [2.24, 2.45) is 11.3 Å². The van der Waals surface area contributed by atoms with Crippen LogP contribution in [0.1, 0.15) is 40.0 Å². The van der Waals surface area contributed by atoms with Gasteiger partial charge in [0, 0.05) is 26.3 Å². The lowest BCUT2D eigenvalue weighted by Crippen LogP contribution is -2.36. The summed E-state index contributed by atoms with van der Waals surface area (Å²) in [7, 11) is 5.78. The average molecular weight is 291 g/mol. The predicted molar refractivity (Wildman–Crippen MR) is 89.3 cm³/mol. The van der Waals surface area contributed by atoms with E-state index < -0.39 is 0 Å². The SMILES string of the molecule is COc1nccc(N(C)C)c1NC1CC(C)CC(C)(C)C1. The molecule has 0 aromatic carbocycles. The summed E-state index contributed by atoms with van der Waals surface area (Å²) < 4.78 is 5.46. The number of methoxy groups -OCH3 is 1. The average Bonchev–Trinajstić information content (AvgIpc) is 2.36. The number of rotatable bonds is 4. The standard InChI is InChI=1S/C17H29N3O/c1-12-9-13(11-17(2,3)10-12)19-15-14(20(4)5)7-8-18-16(15)21-6/h7-8,12-13,19H,9-11H2,1-6H3. The molecule has 1 fully saturated rings. The van der Waals surface area contributed by atoms with Crippen molar-refractivity contribution in [2.45, 2.75) is 46.1 Å². The first-order valence-electron chi connectivity index (χ1n) is 7.79. The zero-order valence-electron chi connectivity index (χ0n) is 14.2. The number of nitrogens with one attached hydrogen (secondary N) is 1. The topological polar surface area (TPSA) is 37.4 Å². The Hall–Kier alpha value is -1.45. The number of hydrogen-bond acceptors (Lipinski definition) is 4. The van der Waals surface area contributed by atoms with Crippen molar-refractivity contribution in [3.05, 3.63) is 12.3 Å². The molecule has 1 N–H and O–H groups in total. The molecule has 2 atom stereocenters. The minimum absolute atomic E-state index is 0.392. The fraction of sp³-hybridized carbons (Fsp3) is 0.706. The van der Waals surface area contributed by atoms with Gasteiger partial charge >= 0.3 is 0 Å². The molecule has 1 heterocycles. The lowest BCUT2D eigenvalue weighted by molar-refractivity contribution is 0.177. The van der Waals surface area contributed by atoms with Crippen LogP contribution in [0.25, 0.3) is 0 Å². The van der Waals surface area contributed by atoms with Gasteiger partial charge in [-0.25, -0.2) is 4.98 Å². The Bertz CT molecular complexity index is 485. The first kappa shape index (κ1) is 15.9. The number of ether oxygens (including phenoxy) is 1. The Morgan fingerprint density at radius 3 is 2.62 bits per heavy atom. The van der Waals surface area contributed by atoms with Crippen LogP contribution in [0.2, 0.25) is 0 Å². The third kappa shape index (κ3) is 3.80.